The van der Waals surface area contributed by atoms with Crippen molar-refractivity contribution in [2.75, 3.05) is 9.80 Å². The van der Waals surface area contributed by atoms with E-state index >= 15 is 0 Å². The van der Waals surface area contributed by atoms with Crippen molar-refractivity contribution in [2.24, 2.45) is 0 Å². The maximum Gasteiger partial charge on any atom is 0.0546 e. The molecule has 0 saturated carbocycles. The molecule has 0 spiro atoms. The van der Waals surface area contributed by atoms with E-state index in [-0.39, 0.29) is 0 Å². The van der Waals surface area contributed by atoms with Gasteiger partial charge in [-0.2, -0.15) is 0 Å². The van der Waals surface area contributed by atoms with E-state index in [1.54, 1.807) is 0 Å². The summed E-state index contributed by atoms with van der Waals surface area (Å²) < 4.78 is 0. The van der Waals surface area contributed by atoms with Gasteiger partial charge in [0.2, 0.25) is 0 Å². The lowest BCUT2D eigenvalue weighted by atomic mass is 9.93. The summed E-state index contributed by atoms with van der Waals surface area (Å²) in [7, 11) is 0. The molecule has 0 aromatic heterocycles. The maximum atomic E-state index is 4.08. The highest BCUT2D eigenvalue weighted by atomic mass is 15.2. The van der Waals surface area contributed by atoms with Crippen molar-refractivity contribution < 1.29 is 0 Å². The van der Waals surface area contributed by atoms with Crippen LogP contribution in [0.2, 0.25) is 0 Å². The van der Waals surface area contributed by atoms with E-state index in [1.165, 1.54) is 32.3 Å². The molecule has 232 valence electrons. The van der Waals surface area contributed by atoms with Gasteiger partial charge in [-0.3, -0.25) is 0 Å². The van der Waals surface area contributed by atoms with Crippen LogP contribution in [0.4, 0.5) is 22.7 Å². The van der Waals surface area contributed by atoms with Gasteiger partial charge in [0, 0.05) is 33.5 Å². The van der Waals surface area contributed by atoms with E-state index in [0.29, 0.717) is 0 Å². The SMILES string of the molecule is C=CC=C(C=CC)N(C(C=CC)=CCCC)c1cc2c3ccccc3c(N(c3ccccc3)c3ccccc3)cc2c2ccccc12. The van der Waals surface area contributed by atoms with Crippen LogP contribution in [0.5, 0.6) is 0 Å². The number of para-hydroxylation sites is 2. The summed E-state index contributed by atoms with van der Waals surface area (Å²) in [5, 5.41) is 7.27. The molecule has 0 N–H and O–H groups in total. The fourth-order valence-corrected chi connectivity index (χ4v) is 6.48. The third-order valence-corrected chi connectivity index (χ3v) is 8.47. The summed E-state index contributed by atoms with van der Waals surface area (Å²) in [6.45, 7) is 10.5. The largest absolute Gasteiger partial charge is 0.310 e. The van der Waals surface area contributed by atoms with Crippen molar-refractivity contribution in [1.29, 1.82) is 0 Å². The van der Waals surface area contributed by atoms with Crippen LogP contribution < -0.4 is 9.80 Å². The fourth-order valence-electron chi connectivity index (χ4n) is 6.48. The highest BCUT2D eigenvalue weighted by Gasteiger charge is 2.22. The molecular weight excluding hydrogens is 569 g/mol. The summed E-state index contributed by atoms with van der Waals surface area (Å²) in [5.74, 6) is 0. The molecule has 0 radical (unpaired) electrons. The number of anilines is 4. The molecule has 6 aromatic rings. The summed E-state index contributed by atoms with van der Waals surface area (Å²) >= 11 is 0. The molecule has 2 heteroatoms. The Hall–Kier alpha value is -5.60. The van der Waals surface area contributed by atoms with E-state index in [1.807, 2.05) is 6.08 Å². The van der Waals surface area contributed by atoms with E-state index in [0.717, 1.165) is 47.0 Å². The lowest BCUT2D eigenvalue weighted by Gasteiger charge is -2.30. The van der Waals surface area contributed by atoms with Gasteiger partial charge in [0.15, 0.2) is 0 Å². The Kier molecular flexibility index (Phi) is 9.79. The third-order valence-electron chi connectivity index (χ3n) is 8.47. The monoisotopic (exact) mass is 610 g/mol. The predicted octanol–water partition coefficient (Wildman–Crippen LogP) is 13.3. The van der Waals surface area contributed by atoms with Crippen molar-refractivity contribution in [3.63, 3.8) is 0 Å². The molecule has 6 rings (SSSR count). The average molecular weight is 611 g/mol. The minimum Gasteiger partial charge on any atom is -0.310 e. The summed E-state index contributed by atoms with van der Waals surface area (Å²) in [5.41, 5.74) is 6.74. The Morgan fingerprint density at radius 2 is 1.04 bits per heavy atom. The first kappa shape index (κ1) is 31.4. The second-order valence-corrected chi connectivity index (χ2v) is 11.6. The molecule has 0 saturated heterocycles. The molecule has 0 unspecified atom stereocenters. The highest BCUT2D eigenvalue weighted by Crippen LogP contribution is 2.46. The quantitative estimate of drug-likeness (QED) is 0.106. The number of hydrogen-bond acceptors (Lipinski definition) is 2. The molecule has 0 fully saturated rings. The first-order valence-electron chi connectivity index (χ1n) is 16.6. The van der Waals surface area contributed by atoms with Gasteiger partial charge in [-0.15, -0.1) is 0 Å². The minimum absolute atomic E-state index is 0.986. The minimum atomic E-state index is 0.986. The molecule has 0 aliphatic heterocycles. The summed E-state index contributed by atoms with van der Waals surface area (Å²) in [6.07, 6.45) is 17.0. The Morgan fingerprint density at radius 3 is 1.55 bits per heavy atom. The van der Waals surface area contributed by atoms with Crippen LogP contribution in [0.25, 0.3) is 32.3 Å². The van der Waals surface area contributed by atoms with Gasteiger partial charge in [-0.05, 0) is 96.4 Å². The number of allylic oxidation sites excluding steroid dienone is 7. The van der Waals surface area contributed by atoms with Crippen molar-refractivity contribution in [3.05, 3.63) is 182 Å². The van der Waals surface area contributed by atoms with Crippen molar-refractivity contribution in [3.8, 4) is 0 Å². The second kappa shape index (κ2) is 14.7. The number of rotatable bonds is 11. The number of benzene rings is 6. The Bertz CT molecular complexity index is 2090. The molecule has 0 amide bonds. The highest BCUT2D eigenvalue weighted by molar-refractivity contribution is 6.24. The van der Waals surface area contributed by atoms with Crippen molar-refractivity contribution >= 4 is 55.1 Å². The number of nitrogens with zero attached hydrogens (tertiary/aromatic N) is 2. The lowest BCUT2D eigenvalue weighted by molar-refractivity contribution is 0.943. The van der Waals surface area contributed by atoms with E-state index in [2.05, 4.69) is 195 Å². The molecule has 2 nitrogen and oxygen atoms in total. The van der Waals surface area contributed by atoms with E-state index in [4.69, 9.17) is 0 Å². The van der Waals surface area contributed by atoms with Gasteiger partial charge in [0.1, 0.15) is 0 Å². The molecule has 0 atom stereocenters. The Labute approximate surface area is 279 Å². The summed E-state index contributed by atoms with van der Waals surface area (Å²) in [4.78, 5) is 4.77. The first-order chi connectivity index (χ1) is 23.2. The number of hydrogen-bond donors (Lipinski definition) is 0. The van der Waals surface area contributed by atoms with Crippen LogP contribution in [0, 0.1) is 0 Å². The first-order valence-corrected chi connectivity index (χ1v) is 16.6. The molecule has 0 aliphatic rings. The van der Waals surface area contributed by atoms with Crippen molar-refractivity contribution in [2.45, 2.75) is 33.6 Å². The topological polar surface area (TPSA) is 6.48 Å². The fraction of sp³-hybridized carbons (Fsp3) is 0.111. The third kappa shape index (κ3) is 6.28. The van der Waals surface area contributed by atoms with Gasteiger partial charge < -0.3 is 9.80 Å². The molecule has 0 aliphatic carbocycles. The van der Waals surface area contributed by atoms with Crippen LogP contribution in [0.1, 0.15) is 33.6 Å². The molecular formula is C45H42N2. The average Bonchev–Trinajstić information content (AvgIpc) is 3.12. The van der Waals surface area contributed by atoms with Crippen LogP contribution in [0.15, 0.2) is 182 Å². The standard InChI is InChI=1S/C45H42N2/c1-5-9-23-35(22-8-4)46(34(20-6-2)21-7-3)44-32-42-39-29-17-19-31-41(39)45(33-43(42)38-28-16-18-30-40(38)44)47(36-24-12-10-13-25-36)37-26-14-11-15-27-37/h6-8,10-33H,2,5,9H2,1,3-4H3. The lowest BCUT2D eigenvalue weighted by Crippen LogP contribution is -2.20. The van der Waals surface area contributed by atoms with E-state index < -0.39 is 0 Å². The van der Waals surface area contributed by atoms with Gasteiger partial charge in [-0.1, -0.05) is 129 Å². The smallest absolute Gasteiger partial charge is 0.0546 e. The summed E-state index contributed by atoms with van der Waals surface area (Å²) in [6, 6.07) is 43.8. The molecule has 6 aromatic carbocycles. The maximum absolute atomic E-state index is 4.08. The number of fused-ring (bicyclic) bond motifs is 5. The molecule has 0 bridgehead atoms. The van der Waals surface area contributed by atoms with Gasteiger partial charge in [-0.25, -0.2) is 0 Å². The van der Waals surface area contributed by atoms with Crippen LogP contribution in [-0.2, 0) is 0 Å². The zero-order valence-corrected chi connectivity index (χ0v) is 27.6. The molecule has 47 heavy (non-hydrogen) atoms. The van der Waals surface area contributed by atoms with Crippen molar-refractivity contribution in [1.82, 2.24) is 0 Å². The Balaban J connectivity index is 1.74. The number of unbranched alkanes of at least 4 members (excludes halogenated alkanes) is 1. The van der Waals surface area contributed by atoms with Gasteiger partial charge >= 0.3 is 0 Å². The van der Waals surface area contributed by atoms with Crippen LogP contribution in [0.3, 0.4) is 0 Å². The van der Waals surface area contributed by atoms with Crippen LogP contribution >= 0.6 is 0 Å². The zero-order chi connectivity index (χ0) is 32.6. The second-order valence-electron chi connectivity index (χ2n) is 11.6. The van der Waals surface area contributed by atoms with Gasteiger partial charge in [0.25, 0.3) is 0 Å². The predicted molar refractivity (Wildman–Crippen MR) is 207 cm³/mol. The normalized spacial score (nSPS) is 12.5. The van der Waals surface area contributed by atoms with E-state index in [9.17, 15) is 0 Å². The van der Waals surface area contributed by atoms with Crippen LogP contribution in [-0.4, -0.2) is 0 Å². The Morgan fingerprint density at radius 1 is 0.574 bits per heavy atom. The van der Waals surface area contributed by atoms with Gasteiger partial charge in [0.05, 0.1) is 11.4 Å². The zero-order valence-electron chi connectivity index (χ0n) is 27.6. The molecule has 0 heterocycles.